The third-order valence-electron chi connectivity index (χ3n) is 4.67. The number of rotatable bonds is 5. The van der Waals surface area contributed by atoms with E-state index >= 15 is 0 Å². The molecule has 0 spiro atoms. The van der Waals surface area contributed by atoms with E-state index in [1.807, 2.05) is 45.0 Å². The van der Waals surface area contributed by atoms with E-state index in [9.17, 15) is 9.59 Å². The van der Waals surface area contributed by atoms with Crippen molar-refractivity contribution in [2.75, 3.05) is 32.7 Å². The summed E-state index contributed by atoms with van der Waals surface area (Å²) in [6.07, 6.45) is 0. The Hall–Kier alpha value is -2.67. The van der Waals surface area contributed by atoms with Crippen LogP contribution in [0.25, 0.3) is 0 Å². The van der Waals surface area contributed by atoms with Crippen molar-refractivity contribution in [3.05, 3.63) is 52.4 Å². The summed E-state index contributed by atoms with van der Waals surface area (Å²) in [6.45, 7) is 9.36. The largest absolute Gasteiger partial charge is 0.360 e. The number of piperazine rings is 1. The summed E-state index contributed by atoms with van der Waals surface area (Å²) in [5.41, 5.74) is 3.53. The molecule has 0 aliphatic carbocycles. The average molecular weight is 370 g/mol. The molecule has 0 unspecified atom stereocenters. The number of aryl methyl sites for hydroxylation is 3. The van der Waals surface area contributed by atoms with Crippen LogP contribution in [0, 0.1) is 20.8 Å². The Bertz CT molecular complexity index is 802. The van der Waals surface area contributed by atoms with Gasteiger partial charge in [0.25, 0.3) is 5.91 Å². The van der Waals surface area contributed by atoms with Gasteiger partial charge in [-0.05, 0) is 32.9 Å². The fourth-order valence-corrected chi connectivity index (χ4v) is 3.34. The molecule has 0 atom stereocenters. The van der Waals surface area contributed by atoms with Crippen LogP contribution in [0.5, 0.6) is 0 Å². The zero-order valence-electron chi connectivity index (χ0n) is 16.1. The summed E-state index contributed by atoms with van der Waals surface area (Å²) >= 11 is 0. The predicted octanol–water partition coefficient (Wildman–Crippen LogP) is 1.67. The van der Waals surface area contributed by atoms with E-state index in [1.54, 1.807) is 4.90 Å². The molecule has 1 aliphatic rings. The fourth-order valence-electron chi connectivity index (χ4n) is 3.34. The van der Waals surface area contributed by atoms with Crippen molar-refractivity contribution in [2.24, 2.45) is 0 Å². The molecule has 0 bridgehead atoms. The van der Waals surface area contributed by atoms with Gasteiger partial charge >= 0.3 is 0 Å². The second kappa shape index (κ2) is 8.35. The molecule has 1 N–H and O–H groups in total. The normalized spacial score (nSPS) is 15.0. The number of nitrogens with zero attached hydrogens (tertiary/aromatic N) is 3. The molecule has 2 aromatic rings. The van der Waals surface area contributed by atoms with E-state index in [2.05, 4.69) is 15.4 Å². The zero-order valence-corrected chi connectivity index (χ0v) is 16.1. The number of benzene rings is 1. The van der Waals surface area contributed by atoms with Crippen LogP contribution in [0.3, 0.4) is 0 Å². The van der Waals surface area contributed by atoms with E-state index in [0.717, 1.165) is 35.7 Å². The van der Waals surface area contributed by atoms with Crippen LogP contribution in [0.4, 0.5) is 0 Å². The summed E-state index contributed by atoms with van der Waals surface area (Å²) in [5.74, 6) is 0.574. The highest BCUT2D eigenvalue weighted by Gasteiger charge is 2.22. The molecular weight excluding hydrogens is 344 g/mol. The van der Waals surface area contributed by atoms with Gasteiger partial charge in [0, 0.05) is 37.8 Å². The molecule has 1 aromatic heterocycles. The lowest BCUT2D eigenvalue weighted by atomic mass is 10.1. The number of nitrogens with one attached hydrogen (secondary N) is 1. The number of amides is 2. The number of aromatic nitrogens is 1. The number of hydrogen-bond acceptors (Lipinski definition) is 5. The minimum atomic E-state index is -0.213. The van der Waals surface area contributed by atoms with Gasteiger partial charge in [-0.3, -0.25) is 14.5 Å². The summed E-state index contributed by atoms with van der Waals surface area (Å²) < 4.78 is 5.25. The van der Waals surface area contributed by atoms with Crippen LogP contribution in [0.2, 0.25) is 0 Å². The smallest absolute Gasteiger partial charge is 0.251 e. The molecule has 7 nitrogen and oxygen atoms in total. The second-order valence-electron chi connectivity index (χ2n) is 7.15. The lowest BCUT2D eigenvalue weighted by Gasteiger charge is -2.34. The zero-order chi connectivity index (χ0) is 19.4. The van der Waals surface area contributed by atoms with Gasteiger partial charge in [-0.25, -0.2) is 0 Å². The quantitative estimate of drug-likeness (QED) is 0.866. The van der Waals surface area contributed by atoms with Crippen LogP contribution < -0.4 is 5.32 Å². The summed E-state index contributed by atoms with van der Waals surface area (Å²) in [6, 6.07) is 7.61. The Kier molecular flexibility index (Phi) is 5.91. The molecule has 1 aromatic carbocycles. The van der Waals surface area contributed by atoms with E-state index < -0.39 is 0 Å². The molecule has 27 heavy (non-hydrogen) atoms. The minimum absolute atomic E-state index is 0.0210. The first kappa shape index (κ1) is 19.1. The van der Waals surface area contributed by atoms with Gasteiger partial charge in [0.15, 0.2) is 5.76 Å². The average Bonchev–Trinajstić information content (AvgIpc) is 3.04. The monoisotopic (exact) mass is 370 g/mol. The van der Waals surface area contributed by atoms with Crippen molar-refractivity contribution >= 4 is 11.8 Å². The summed E-state index contributed by atoms with van der Waals surface area (Å²) in [7, 11) is 0. The maximum Gasteiger partial charge on any atom is 0.251 e. The first-order valence-electron chi connectivity index (χ1n) is 9.19. The van der Waals surface area contributed by atoms with Crippen molar-refractivity contribution in [1.29, 1.82) is 0 Å². The highest BCUT2D eigenvalue weighted by atomic mass is 16.5. The Labute approximate surface area is 159 Å². The Morgan fingerprint density at radius 1 is 1.04 bits per heavy atom. The fraction of sp³-hybridized carbons (Fsp3) is 0.450. The minimum Gasteiger partial charge on any atom is -0.360 e. The molecule has 144 valence electrons. The van der Waals surface area contributed by atoms with E-state index in [-0.39, 0.29) is 18.4 Å². The van der Waals surface area contributed by atoms with Crippen LogP contribution >= 0.6 is 0 Å². The van der Waals surface area contributed by atoms with E-state index in [1.165, 1.54) is 0 Å². The lowest BCUT2D eigenvalue weighted by molar-refractivity contribution is -0.131. The number of carbonyl (C=O) groups is 2. The highest BCUT2D eigenvalue weighted by Crippen LogP contribution is 2.11. The third-order valence-corrected chi connectivity index (χ3v) is 4.67. The van der Waals surface area contributed by atoms with Gasteiger partial charge in [-0.15, -0.1) is 0 Å². The van der Waals surface area contributed by atoms with E-state index in [0.29, 0.717) is 25.2 Å². The van der Waals surface area contributed by atoms with Crippen LogP contribution in [0.15, 0.2) is 28.8 Å². The van der Waals surface area contributed by atoms with Crippen molar-refractivity contribution in [3.8, 4) is 0 Å². The second-order valence-corrected chi connectivity index (χ2v) is 7.15. The van der Waals surface area contributed by atoms with Crippen LogP contribution in [0.1, 0.15) is 32.9 Å². The lowest BCUT2D eigenvalue weighted by Crippen LogP contribution is -2.50. The molecule has 2 heterocycles. The summed E-state index contributed by atoms with van der Waals surface area (Å²) in [5, 5.41) is 6.63. The Balaban J connectivity index is 1.44. The molecule has 7 heteroatoms. The van der Waals surface area contributed by atoms with Gasteiger partial charge in [0.2, 0.25) is 5.91 Å². The van der Waals surface area contributed by atoms with Crippen LogP contribution in [-0.2, 0) is 11.3 Å². The Morgan fingerprint density at radius 3 is 2.30 bits per heavy atom. The van der Waals surface area contributed by atoms with Crippen molar-refractivity contribution in [2.45, 2.75) is 27.3 Å². The van der Waals surface area contributed by atoms with Crippen molar-refractivity contribution < 1.29 is 14.1 Å². The van der Waals surface area contributed by atoms with E-state index in [4.69, 9.17) is 4.52 Å². The molecule has 1 aliphatic heterocycles. The van der Waals surface area contributed by atoms with Crippen molar-refractivity contribution in [3.63, 3.8) is 0 Å². The van der Waals surface area contributed by atoms with Crippen LogP contribution in [-0.4, -0.2) is 59.5 Å². The van der Waals surface area contributed by atoms with Crippen molar-refractivity contribution in [1.82, 2.24) is 20.3 Å². The van der Waals surface area contributed by atoms with Gasteiger partial charge in [-0.1, -0.05) is 22.3 Å². The van der Waals surface area contributed by atoms with Gasteiger partial charge in [-0.2, -0.15) is 0 Å². The molecule has 3 rings (SSSR count). The third kappa shape index (κ3) is 5.17. The Morgan fingerprint density at radius 2 is 1.70 bits per heavy atom. The molecule has 1 fully saturated rings. The SMILES string of the molecule is Cc1cc(C)cc(C(=O)NCC(=O)N2CCN(Cc3cc(C)no3)CC2)c1. The van der Waals surface area contributed by atoms with Gasteiger partial charge < -0.3 is 14.7 Å². The van der Waals surface area contributed by atoms with Gasteiger partial charge in [0.05, 0.1) is 18.8 Å². The maximum atomic E-state index is 12.4. The molecule has 0 saturated carbocycles. The van der Waals surface area contributed by atoms with Gasteiger partial charge in [0.1, 0.15) is 0 Å². The molecular formula is C20H26N4O3. The standard InChI is InChI=1S/C20H26N4O3/c1-14-8-15(2)10-17(9-14)20(26)21-12-19(25)24-6-4-23(5-7-24)13-18-11-16(3)22-27-18/h8-11H,4-7,12-13H2,1-3H3,(H,21,26). The topological polar surface area (TPSA) is 78.7 Å². The first-order chi connectivity index (χ1) is 12.9. The highest BCUT2D eigenvalue weighted by molar-refractivity contribution is 5.96. The maximum absolute atomic E-state index is 12.4. The molecule has 2 amide bonds. The predicted molar refractivity (Wildman–Crippen MR) is 101 cm³/mol. The molecule has 0 radical (unpaired) electrons. The summed E-state index contributed by atoms with van der Waals surface area (Å²) in [4.78, 5) is 28.7. The first-order valence-corrected chi connectivity index (χ1v) is 9.19. The number of hydrogen-bond donors (Lipinski definition) is 1. The molecule has 1 saturated heterocycles. The number of carbonyl (C=O) groups excluding carboxylic acids is 2.